The zero-order chi connectivity index (χ0) is 16.8. The molecular weight excluding hydrogens is 300 g/mol. The Hall–Kier alpha value is -3.36. The lowest BCUT2D eigenvalue weighted by Gasteiger charge is -2.04. The number of aromatic amines is 1. The Morgan fingerprint density at radius 1 is 1.09 bits per heavy atom. The third kappa shape index (κ3) is 4.56. The SMILES string of the molecule is CC(=O)c1ccc(NC(=O)/C=C(/C)C(=O)Nc2nn[nH]n2)cc1. The standard InChI is InChI=1S/C14H14N6O3/c1-8(13(23)16-14-17-19-20-18-14)7-12(22)15-11-5-3-10(4-6-11)9(2)21/h3-7H,1-2H3,(H,15,22)(H2,16,17,18,19,20,23)/b8-7-. The highest BCUT2D eigenvalue weighted by Gasteiger charge is 2.10. The summed E-state index contributed by atoms with van der Waals surface area (Å²) in [5, 5.41) is 17.6. The summed E-state index contributed by atoms with van der Waals surface area (Å²) in [5.74, 6) is -1.03. The van der Waals surface area contributed by atoms with Crippen molar-refractivity contribution in [2.24, 2.45) is 0 Å². The molecule has 2 aromatic rings. The lowest BCUT2D eigenvalue weighted by molar-refractivity contribution is -0.114. The van der Waals surface area contributed by atoms with Gasteiger partial charge in [0.05, 0.1) is 0 Å². The maximum Gasteiger partial charge on any atom is 0.270 e. The number of hydrogen-bond acceptors (Lipinski definition) is 6. The van der Waals surface area contributed by atoms with Crippen LogP contribution in [-0.2, 0) is 9.59 Å². The molecule has 1 aromatic carbocycles. The van der Waals surface area contributed by atoms with Gasteiger partial charge in [0.25, 0.3) is 11.9 Å². The van der Waals surface area contributed by atoms with E-state index in [4.69, 9.17) is 0 Å². The van der Waals surface area contributed by atoms with Crippen LogP contribution in [0.25, 0.3) is 0 Å². The van der Waals surface area contributed by atoms with Crippen molar-refractivity contribution >= 4 is 29.2 Å². The van der Waals surface area contributed by atoms with Crippen LogP contribution in [0.15, 0.2) is 35.9 Å². The largest absolute Gasteiger partial charge is 0.323 e. The number of tetrazole rings is 1. The second-order valence-electron chi connectivity index (χ2n) is 4.64. The van der Waals surface area contributed by atoms with E-state index in [-0.39, 0.29) is 17.3 Å². The third-order valence-corrected chi connectivity index (χ3v) is 2.84. The molecule has 1 heterocycles. The van der Waals surface area contributed by atoms with E-state index < -0.39 is 11.8 Å². The highest BCUT2D eigenvalue weighted by atomic mass is 16.2. The van der Waals surface area contributed by atoms with E-state index in [1.807, 2.05) is 0 Å². The molecule has 23 heavy (non-hydrogen) atoms. The molecule has 0 radical (unpaired) electrons. The van der Waals surface area contributed by atoms with Gasteiger partial charge in [0.1, 0.15) is 0 Å². The highest BCUT2D eigenvalue weighted by Crippen LogP contribution is 2.10. The Bertz CT molecular complexity index is 749. The number of aromatic nitrogens is 4. The van der Waals surface area contributed by atoms with Crippen molar-refractivity contribution in [1.82, 2.24) is 20.6 Å². The molecule has 0 unspecified atom stereocenters. The van der Waals surface area contributed by atoms with Crippen LogP contribution in [0.2, 0.25) is 0 Å². The van der Waals surface area contributed by atoms with Gasteiger partial charge in [0.15, 0.2) is 5.78 Å². The Balaban J connectivity index is 1.96. The number of anilines is 2. The number of rotatable bonds is 5. The normalized spacial score (nSPS) is 11.0. The highest BCUT2D eigenvalue weighted by molar-refractivity contribution is 6.09. The first-order valence-corrected chi connectivity index (χ1v) is 6.61. The molecule has 0 aliphatic rings. The minimum atomic E-state index is -0.520. The summed E-state index contributed by atoms with van der Waals surface area (Å²) in [6.07, 6.45) is 1.15. The Morgan fingerprint density at radius 3 is 2.35 bits per heavy atom. The van der Waals surface area contributed by atoms with Gasteiger partial charge < -0.3 is 5.32 Å². The molecule has 2 rings (SSSR count). The van der Waals surface area contributed by atoms with Gasteiger partial charge in [-0.3, -0.25) is 19.7 Å². The molecule has 0 fully saturated rings. The fourth-order valence-corrected chi connectivity index (χ4v) is 1.64. The lowest BCUT2D eigenvalue weighted by Crippen LogP contribution is -2.17. The third-order valence-electron chi connectivity index (χ3n) is 2.84. The first kappa shape index (κ1) is 16.0. The summed E-state index contributed by atoms with van der Waals surface area (Å²) in [7, 11) is 0. The van der Waals surface area contributed by atoms with Gasteiger partial charge in [-0.2, -0.15) is 5.21 Å². The second-order valence-corrected chi connectivity index (χ2v) is 4.64. The molecule has 1 aromatic heterocycles. The number of carbonyl (C=O) groups excluding carboxylic acids is 3. The molecule has 0 aliphatic heterocycles. The summed E-state index contributed by atoms with van der Waals surface area (Å²) in [6, 6.07) is 6.43. The number of Topliss-reactive ketones (excluding diaryl/α,β-unsaturated/α-hetero) is 1. The van der Waals surface area contributed by atoms with Crippen molar-refractivity contribution in [2.45, 2.75) is 13.8 Å². The molecule has 0 atom stereocenters. The van der Waals surface area contributed by atoms with E-state index in [1.54, 1.807) is 24.3 Å². The quantitative estimate of drug-likeness (QED) is 0.556. The van der Waals surface area contributed by atoms with Crippen LogP contribution >= 0.6 is 0 Å². The van der Waals surface area contributed by atoms with Crippen molar-refractivity contribution in [2.75, 3.05) is 10.6 Å². The Kier molecular flexibility index (Phi) is 4.92. The van der Waals surface area contributed by atoms with Crippen LogP contribution in [0.4, 0.5) is 11.6 Å². The van der Waals surface area contributed by atoms with E-state index in [0.29, 0.717) is 11.3 Å². The van der Waals surface area contributed by atoms with E-state index >= 15 is 0 Å². The minimum absolute atomic E-state index is 0.0166. The molecule has 9 nitrogen and oxygen atoms in total. The van der Waals surface area contributed by atoms with Crippen LogP contribution in [0.5, 0.6) is 0 Å². The molecule has 2 amide bonds. The Labute approximate surface area is 131 Å². The molecule has 118 valence electrons. The van der Waals surface area contributed by atoms with Gasteiger partial charge in [-0.25, -0.2) is 0 Å². The molecule has 0 saturated heterocycles. The zero-order valence-electron chi connectivity index (χ0n) is 12.5. The molecular formula is C14H14N6O3. The van der Waals surface area contributed by atoms with Crippen LogP contribution in [0.3, 0.4) is 0 Å². The summed E-state index contributed by atoms with van der Waals surface area (Å²) in [5.41, 5.74) is 1.24. The molecule has 0 aliphatic carbocycles. The minimum Gasteiger partial charge on any atom is -0.323 e. The molecule has 9 heteroatoms. The average molecular weight is 314 g/mol. The van der Waals surface area contributed by atoms with Gasteiger partial charge in [-0.15, -0.1) is 5.10 Å². The summed E-state index contributed by atoms with van der Waals surface area (Å²) in [6.45, 7) is 2.94. The van der Waals surface area contributed by atoms with Gasteiger partial charge in [-0.1, -0.05) is 5.10 Å². The first-order chi connectivity index (χ1) is 11.0. The molecule has 0 saturated carbocycles. The summed E-state index contributed by atoms with van der Waals surface area (Å²) < 4.78 is 0. The van der Waals surface area contributed by atoms with Crippen molar-refractivity contribution in [3.8, 4) is 0 Å². The predicted octanol–water partition coefficient (Wildman–Crippen LogP) is 0.926. The van der Waals surface area contributed by atoms with Crippen LogP contribution < -0.4 is 10.6 Å². The predicted molar refractivity (Wildman–Crippen MR) is 81.6 cm³/mol. The van der Waals surface area contributed by atoms with E-state index in [9.17, 15) is 14.4 Å². The number of amides is 2. The van der Waals surface area contributed by atoms with Gasteiger partial charge >= 0.3 is 0 Å². The van der Waals surface area contributed by atoms with Crippen molar-refractivity contribution in [3.05, 3.63) is 41.5 Å². The smallest absolute Gasteiger partial charge is 0.270 e. The second kappa shape index (κ2) is 7.07. The average Bonchev–Trinajstić information content (AvgIpc) is 3.00. The van der Waals surface area contributed by atoms with Crippen molar-refractivity contribution < 1.29 is 14.4 Å². The molecule has 0 bridgehead atoms. The monoisotopic (exact) mass is 314 g/mol. The number of ketones is 1. The van der Waals surface area contributed by atoms with Crippen LogP contribution in [0.1, 0.15) is 24.2 Å². The van der Waals surface area contributed by atoms with Gasteiger partial charge in [0.2, 0.25) is 5.91 Å². The number of benzene rings is 1. The maximum absolute atomic E-state index is 11.9. The van der Waals surface area contributed by atoms with Crippen LogP contribution in [-0.4, -0.2) is 38.2 Å². The zero-order valence-corrected chi connectivity index (χ0v) is 12.5. The van der Waals surface area contributed by atoms with Crippen LogP contribution in [0, 0.1) is 0 Å². The van der Waals surface area contributed by atoms with Crippen molar-refractivity contribution in [1.29, 1.82) is 0 Å². The topological polar surface area (TPSA) is 130 Å². The number of nitrogens with zero attached hydrogens (tertiary/aromatic N) is 3. The van der Waals surface area contributed by atoms with E-state index in [0.717, 1.165) is 6.08 Å². The summed E-state index contributed by atoms with van der Waals surface area (Å²) in [4.78, 5) is 34.8. The number of nitrogens with one attached hydrogen (secondary N) is 3. The number of H-pyrrole nitrogens is 1. The number of carbonyl (C=O) groups is 3. The first-order valence-electron chi connectivity index (χ1n) is 6.61. The summed E-state index contributed by atoms with van der Waals surface area (Å²) >= 11 is 0. The Morgan fingerprint density at radius 2 is 1.78 bits per heavy atom. The fraction of sp³-hybridized carbons (Fsp3) is 0.143. The van der Waals surface area contributed by atoms with E-state index in [2.05, 4.69) is 31.3 Å². The van der Waals surface area contributed by atoms with Crippen molar-refractivity contribution in [3.63, 3.8) is 0 Å². The molecule has 0 spiro atoms. The van der Waals surface area contributed by atoms with E-state index in [1.165, 1.54) is 13.8 Å². The fourth-order valence-electron chi connectivity index (χ4n) is 1.64. The van der Waals surface area contributed by atoms with Gasteiger partial charge in [-0.05, 0) is 43.3 Å². The number of hydrogen-bond donors (Lipinski definition) is 3. The maximum atomic E-state index is 11.9. The lowest BCUT2D eigenvalue weighted by atomic mass is 10.1. The molecule has 3 N–H and O–H groups in total. The van der Waals surface area contributed by atoms with Gasteiger partial charge in [0, 0.05) is 22.9 Å².